The molecule has 0 radical (unpaired) electrons. The Labute approximate surface area is 129 Å². The van der Waals surface area contributed by atoms with Gasteiger partial charge in [0.05, 0.1) is 14.2 Å². The smallest absolute Gasteiger partial charge is 0.122 e. The van der Waals surface area contributed by atoms with Crippen LogP contribution in [0.5, 0.6) is 11.5 Å². The SMILES string of the molecule is CCCCc1cc(OC)c(C[C@H](N)CC)cc1OC.Cl. The molecule has 0 aliphatic heterocycles. The molecule has 0 unspecified atom stereocenters. The van der Waals surface area contributed by atoms with E-state index in [2.05, 4.69) is 26.0 Å². The average Bonchev–Trinajstić information content (AvgIpc) is 2.44. The minimum absolute atomic E-state index is 0. The van der Waals surface area contributed by atoms with E-state index in [1.54, 1.807) is 14.2 Å². The lowest BCUT2D eigenvalue weighted by atomic mass is 9.99. The molecular weight excluding hydrogens is 274 g/mol. The summed E-state index contributed by atoms with van der Waals surface area (Å²) in [5.41, 5.74) is 8.39. The Balaban J connectivity index is 0.00000361. The van der Waals surface area contributed by atoms with Crippen LogP contribution < -0.4 is 15.2 Å². The van der Waals surface area contributed by atoms with Crippen LogP contribution in [0.4, 0.5) is 0 Å². The molecule has 20 heavy (non-hydrogen) atoms. The fourth-order valence-corrected chi connectivity index (χ4v) is 2.17. The van der Waals surface area contributed by atoms with Crippen LogP contribution in [0.25, 0.3) is 0 Å². The number of unbranched alkanes of at least 4 members (excludes halogenated alkanes) is 1. The molecule has 0 aliphatic carbocycles. The lowest BCUT2D eigenvalue weighted by molar-refractivity contribution is 0.392. The fourth-order valence-electron chi connectivity index (χ4n) is 2.17. The van der Waals surface area contributed by atoms with Crippen LogP contribution in [0.15, 0.2) is 12.1 Å². The van der Waals surface area contributed by atoms with Crippen molar-refractivity contribution in [3.8, 4) is 11.5 Å². The van der Waals surface area contributed by atoms with Gasteiger partial charge in [0.1, 0.15) is 11.5 Å². The van der Waals surface area contributed by atoms with Crippen LogP contribution in [0.3, 0.4) is 0 Å². The zero-order valence-electron chi connectivity index (χ0n) is 13.1. The van der Waals surface area contributed by atoms with Crippen molar-refractivity contribution in [2.45, 2.75) is 52.0 Å². The van der Waals surface area contributed by atoms with Crippen molar-refractivity contribution in [3.63, 3.8) is 0 Å². The summed E-state index contributed by atoms with van der Waals surface area (Å²) in [6.07, 6.45) is 5.14. The van der Waals surface area contributed by atoms with Crippen LogP contribution in [-0.4, -0.2) is 20.3 Å². The Bertz CT molecular complexity index is 396. The lowest BCUT2D eigenvalue weighted by Crippen LogP contribution is -2.21. The van der Waals surface area contributed by atoms with Gasteiger partial charge < -0.3 is 15.2 Å². The molecule has 0 aliphatic rings. The van der Waals surface area contributed by atoms with E-state index in [4.69, 9.17) is 15.2 Å². The van der Waals surface area contributed by atoms with E-state index in [0.717, 1.165) is 42.7 Å². The molecule has 0 amide bonds. The first-order valence-electron chi connectivity index (χ1n) is 7.15. The van der Waals surface area contributed by atoms with Gasteiger partial charge in [0.15, 0.2) is 0 Å². The molecule has 0 saturated heterocycles. The summed E-state index contributed by atoms with van der Waals surface area (Å²) in [7, 11) is 3.44. The number of aryl methyl sites for hydroxylation is 1. The quantitative estimate of drug-likeness (QED) is 0.795. The third-order valence-electron chi connectivity index (χ3n) is 3.49. The van der Waals surface area contributed by atoms with Crippen LogP contribution in [0.1, 0.15) is 44.2 Å². The van der Waals surface area contributed by atoms with Crippen molar-refractivity contribution < 1.29 is 9.47 Å². The Hall–Kier alpha value is -0.930. The molecule has 1 aromatic carbocycles. The maximum Gasteiger partial charge on any atom is 0.122 e. The van der Waals surface area contributed by atoms with Crippen LogP contribution in [-0.2, 0) is 12.8 Å². The van der Waals surface area contributed by atoms with Crippen LogP contribution in [0.2, 0.25) is 0 Å². The van der Waals surface area contributed by atoms with Gasteiger partial charge in [0, 0.05) is 6.04 Å². The largest absolute Gasteiger partial charge is 0.496 e. The highest BCUT2D eigenvalue weighted by Gasteiger charge is 2.13. The van der Waals surface area contributed by atoms with Gasteiger partial charge in [-0.3, -0.25) is 0 Å². The van der Waals surface area contributed by atoms with E-state index in [9.17, 15) is 0 Å². The summed E-state index contributed by atoms with van der Waals surface area (Å²) in [5, 5.41) is 0. The van der Waals surface area contributed by atoms with Crippen molar-refractivity contribution in [3.05, 3.63) is 23.3 Å². The monoisotopic (exact) mass is 301 g/mol. The molecule has 0 saturated carbocycles. The predicted molar refractivity (Wildman–Crippen MR) is 87.4 cm³/mol. The molecule has 0 fully saturated rings. The summed E-state index contributed by atoms with van der Waals surface area (Å²) in [4.78, 5) is 0. The molecule has 1 atom stereocenters. The number of benzene rings is 1. The predicted octanol–water partition coefficient (Wildman–Crippen LogP) is 3.75. The van der Waals surface area contributed by atoms with Gasteiger partial charge in [-0.05, 0) is 48.9 Å². The van der Waals surface area contributed by atoms with Gasteiger partial charge in [-0.25, -0.2) is 0 Å². The zero-order valence-corrected chi connectivity index (χ0v) is 13.9. The Morgan fingerprint density at radius 2 is 1.60 bits per heavy atom. The number of methoxy groups -OCH3 is 2. The molecule has 3 nitrogen and oxygen atoms in total. The molecule has 0 bridgehead atoms. The van der Waals surface area contributed by atoms with E-state index in [1.807, 2.05) is 0 Å². The summed E-state index contributed by atoms with van der Waals surface area (Å²) in [5.74, 6) is 1.88. The highest BCUT2D eigenvalue weighted by Crippen LogP contribution is 2.31. The molecular formula is C16H28ClNO2. The lowest BCUT2D eigenvalue weighted by Gasteiger charge is -2.17. The third kappa shape index (κ3) is 5.22. The number of nitrogens with two attached hydrogens (primary N) is 1. The maximum atomic E-state index is 6.04. The Morgan fingerprint density at radius 1 is 1.05 bits per heavy atom. The minimum Gasteiger partial charge on any atom is -0.496 e. The van der Waals surface area contributed by atoms with Crippen molar-refractivity contribution in [1.82, 2.24) is 0 Å². The first-order chi connectivity index (χ1) is 9.15. The summed E-state index contributed by atoms with van der Waals surface area (Å²) < 4.78 is 11.0. The maximum absolute atomic E-state index is 6.04. The molecule has 0 spiro atoms. The number of hydrogen-bond acceptors (Lipinski definition) is 3. The molecule has 4 heteroatoms. The second-order valence-corrected chi connectivity index (χ2v) is 4.95. The topological polar surface area (TPSA) is 44.5 Å². The molecule has 116 valence electrons. The molecule has 0 aromatic heterocycles. The normalized spacial score (nSPS) is 11.7. The van der Waals surface area contributed by atoms with Gasteiger partial charge in [-0.15, -0.1) is 12.4 Å². The van der Waals surface area contributed by atoms with Crippen molar-refractivity contribution in [2.75, 3.05) is 14.2 Å². The molecule has 0 heterocycles. The van der Waals surface area contributed by atoms with E-state index in [1.165, 1.54) is 12.0 Å². The van der Waals surface area contributed by atoms with E-state index in [0.29, 0.717) is 0 Å². The summed E-state index contributed by atoms with van der Waals surface area (Å²) >= 11 is 0. The second kappa shape index (κ2) is 9.89. The standard InChI is InChI=1S/C16H27NO2.ClH/c1-5-7-8-12-10-16(19-4)13(9-14(17)6-2)11-15(12)18-3;/h10-11,14H,5-9,17H2,1-4H3;1H/t14-;/m1./s1. The van der Waals surface area contributed by atoms with Gasteiger partial charge in [-0.1, -0.05) is 20.3 Å². The van der Waals surface area contributed by atoms with E-state index < -0.39 is 0 Å². The van der Waals surface area contributed by atoms with Gasteiger partial charge in [0.2, 0.25) is 0 Å². The van der Waals surface area contributed by atoms with Gasteiger partial charge >= 0.3 is 0 Å². The van der Waals surface area contributed by atoms with E-state index >= 15 is 0 Å². The summed E-state index contributed by atoms with van der Waals surface area (Å²) in [6, 6.07) is 4.35. The van der Waals surface area contributed by atoms with Crippen molar-refractivity contribution in [1.29, 1.82) is 0 Å². The van der Waals surface area contributed by atoms with Crippen molar-refractivity contribution >= 4 is 12.4 Å². The first-order valence-corrected chi connectivity index (χ1v) is 7.15. The molecule has 2 N–H and O–H groups in total. The van der Waals surface area contributed by atoms with Gasteiger partial charge in [-0.2, -0.15) is 0 Å². The molecule has 1 aromatic rings. The summed E-state index contributed by atoms with van der Waals surface area (Å²) in [6.45, 7) is 4.29. The average molecular weight is 302 g/mol. The minimum atomic E-state index is 0. The number of rotatable bonds is 8. The third-order valence-corrected chi connectivity index (χ3v) is 3.49. The number of halogens is 1. The number of ether oxygens (including phenoxy) is 2. The van der Waals surface area contributed by atoms with Gasteiger partial charge in [0.25, 0.3) is 0 Å². The van der Waals surface area contributed by atoms with Crippen molar-refractivity contribution in [2.24, 2.45) is 5.73 Å². The highest BCUT2D eigenvalue weighted by atomic mass is 35.5. The highest BCUT2D eigenvalue weighted by molar-refractivity contribution is 5.85. The van der Waals surface area contributed by atoms with Crippen LogP contribution in [0, 0.1) is 0 Å². The zero-order chi connectivity index (χ0) is 14.3. The fraction of sp³-hybridized carbons (Fsp3) is 0.625. The molecule has 1 rings (SSSR count). The van der Waals surface area contributed by atoms with Crippen LogP contribution >= 0.6 is 12.4 Å². The Morgan fingerprint density at radius 3 is 2.10 bits per heavy atom. The first kappa shape index (κ1) is 19.1. The van der Waals surface area contributed by atoms with E-state index in [-0.39, 0.29) is 18.4 Å². The second-order valence-electron chi connectivity index (χ2n) is 4.95. The number of hydrogen-bond donors (Lipinski definition) is 1. The Kier molecular flexibility index (Phi) is 9.43.